The molecule has 6 nitrogen and oxygen atoms in total. The predicted molar refractivity (Wildman–Crippen MR) is 120 cm³/mol. The maximum Gasteiger partial charge on any atom is 0.341 e. The van der Waals surface area contributed by atoms with Crippen molar-refractivity contribution in [2.24, 2.45) is 0 Å². The number of aryl methyl sites for hydroxylation is 2. The van der Waals surface area contributed by atoms with Crippen molar-refractivity contribution >= 4 is 23.5 Å². The summed E-state index contributed by atoms with van der Waals surface area (Å²) in [7, 11) is 0. The van der Waals surface area contributed by atoms with Crippen molar-refractivity contribution in [2.45, 2.75) is 50.8 Å². The Morgan fingerprint density at radius 3 is 2.42 bits per heavy atom. The number of hydrogen-bond acceptors (Lipinski definition) is 7. The molecule has 3 rings (SSSR count). The van der Waals surface area contributed by atoms with E-state index in [0.717, 1.165) is 22.6 Å². The van der Waals surface area contributed by atoms with E-state index in [4.69, 9.17) is 9.26 Å². The minimum Gasteiger partial charge on any atom is -0.454 e. The Hall–Kier alpha value is -2.93. The molecule has 2 heterocycles. The molecule has 0 radical (unpaired) electrons. The molecule has 0 amide bonds. The number of Topliss-reactive ketones (excluding diaryl/α,β-unsaturated/α-hetero) is 1. The predicted octanol–water partition coefficient (Wildman–Crippen LogP) is 5.32. The number of hydrogen-bond donors (Lipinski definition) is 0. The number of nitrogens with zero attached hydrogens (tertiary/aromatic N) is 2. The number of aromatic nitrogens is 2. The molecule has 162 valence electrons. The fourth-order valence-electron chi connectivity index (χ4n) is 2.96. The summed E-state index contributed by atoms with van der Waals surface area (Å²) in [6.45, 7) is 9.74. The van der Waals surface area contributed by atoms with Crippen LogP contribution < -0.4 is 0 Å². The smallest absolute Gasteiger partial charge is 0.341 e. The molecular weight excluding hydrogens is 412 g/mol. The Kier molecular flexibility index (Phi) is 6.95. The van der Waals surface area contributed by atoms with Gasteiger partial charge < -0.3 is 9.26 Å². The van der Waals surface area contributed by atoms with Gasteiger partial charge in [0.05, 0.1) is 11.3 Å². The minimum atomic E-state index is -0.575. The molecule has 0 saturated heterocycles. The van der Waals surface area contributed by atoms with E-state index < -0.39 is 5.97 Å². The Balaban J connectivity index is 1.63. The van der Waals surface area contributed by atoms with Crippen LogP contribution in [0, 0.1) is 13.8 Å². The lowest BCUT2D eigenvalue weighted by Crippen LogP contribution is -2.16. The third-order valence-corrected chi connectivity index (χ3v) is 5.96. The number of pyridine rings is 1. The fourth-order valence-corrected chi connectivity index (χ4v) is 4.09. The molecule has 0 aliphatic heterocycles. The molecule has 0 bridgehead atoms. The van der Waals surface area contributed by atoms with Crippen molar-refractivity contribution in [3.63, 3.8) is 0 Å². The number of benzene rings is 1. The highest BCUT2D eigenvalue weighted by molar-refractivity contribution is 7.98. The van der Waals surface area contributed by atoms with Gasteiger partial charge in [-0.1, -0.05) is 50.2 Å². The molecule has 2 aromatic heterocycles. The van der Waals surface area contributed by atoms with Crippen molar-refractivity contribution in [1.82, 2.24) is 10.1 Å². The van der Waals surface area contributed by atoms with Crippen LogP contribution >= 0.6 is 11.8 Å². The quantitative estimate of drug-likeness (QED) is 0.281. The first kappa shape index (κ1) is 22.7. The monoisotopic (exact) mass is 438 g/mol. The van der Waals surface area contributed by atoms with Crippen LogP contribution in [0.1, 0.15) is 64.1 Å². The lowest BCUT2D eigenvalue weighted by molar-refractivity contribution is 0.0470. The number of esters is 1. The summed E-state index contributed by atoms with van der Waals surface area (Å²) in [5.41, 5.74) is 3.77. The second-order valence-corrected chi connectivity index (χ2v) is 9.24. The fraction of sp³-hybridized carbons (Fsp3) is 0.333. The highest BCUT2D eigenvalue weighted by Gasteiger charge is 2.19. The average molecular weight is 439 g/mol. The van der Waals surface area contributed by atoms with Crippen LogP contribution in [0.3, 0.4) is 0 Å². The highest BCUT2D eigenvalue weighted by atomic mass is 32.2. The van der Waals surface area contributed by atoms with Gasteiger partial charge in [-0.15, -0.1) is 11.8 Å². The number of rotatable bonds is 7. The maximum atomic E-state index is 12.6. The maximum absolute atomic E-state index is 12.6. The standard InChI is InChI=1S/C24H26N2O4S/c1-15-20(16(2)30-26-15)14-31-22-19(7-6-12-25-22)23(28)29-13-21(27)17-8-10-18(11-9-17)24(3,4)5/h6-12H,13-14H2,1-5H3. The van der Waals surface area contributed by atoms with Crippen LogP contribution in [-0.2, 0) is 15.9 Å². The van der Waals surface area contributed by atoms with Gasteiger partial charge in [-0.3, -0.25) is 4.79 Å². The van der Waals surface area contributed by atoms with E-state index >= 15 is 0 Å². The molecule has 7 heteroatoms. The second kappa shape index (κ2) is 9.47. The van der Waals surface area contributed by atoms with Crippen LogP contribution in [0.2, 0.25) is 0 Å². The molecule has 0 aliphatic carbocycles. The molecule has 0 saturated carbocycles. The van der Waals surface area contributed by atoms with E-state index in [9.17, 15) is 9.59 Å². The first-order valence-electron chi connectivity index (χ1n) is 9.97. The summed E-state index contributed by atoms with van der Waals surface area (Å²) in [5.74, 6) is 0.488. The van der Waals surface area contributed by atoms with Crippen molar-refractivity contribution in [1.29, 1.82) is 0 Å². The van der Waals surface area contributed by atoms with E-state index in [0.29, 0.717) is 21.9 Å². The zero-order valence-corrected chi connectivity index (χ0v) is 19.2. The first-order valence-corrected chi connectivity index (χ1v) is 11.0. The van der Waals surface area contributed by atoms with Gasteiger partial charge in [-0.25, -0.2) is 9.78 Å². The largest absolute Gasteiger partial charge is 0.454 e. The van der Waals surface area contributed by atoms with E-state index in [1.165, 1.54) is 11.8 Å². The first-order chi connectivity index (χ1) is 14.7. The molecule has 0 fully saturated rings. The van der Waals surface area contributed by atoms with Crippen LogP contribution in [0.25, 0.3) is 0 Å². The Morgan fingerprint density at radius 1 is 1.10 bits per heavy atom. The highest BCUT2D eigenvalue weighted by Crippen LogP contribution is 2.27. The number of carbonyl (C=O) groups excluding carboxylic acids is 2. The normalized spacial score (nSPS) is 11.4. The van der Waals surface area contributed by atoms with E-state index in [2.05, 4.69) is 30.9 Å². The zero-order chi connectivity index (χ0) is 22.6. The number of ether oxygens (including phenoxy) is 1. The van der Waals surface area contributed by atoms with Crippen LogP contribution in [0.4, 0.5) is 0 Å². The zero-order valence-electron chi connectivity index (χ0n) is 18.4. The molecule has 0 unspecified atom stereocenters. The third kappa shape index (κ3) is 5.61. The molecular formula is C24H26N2O4S. The van der Waals surface area contributed by atoms with Gasteiger partial charge >= 0.3 is 5.97 Å². The van der Waals surface area contributed by atoms with E-state index in [1.807, 2.05) is 26.0 Å². The SMILES string of the molecule is Cc1noc(C)c1CSc1ncccc1C(=O)OCC(=O)c1ccc(C(C)(C)C)cc1. The summed E-state index contributed by atoms with van der Waals surface area (Å²) >= 11 is 1.40. The molecule has 1 aromatic carbocycles. The van der Waals surface area contributed by atoms with Gasteiger partial charge in [0, 0.05) is 23.1 Å². The van der Waals surface area contributed by atoms with Crippen molar-refractivity contribution in [2.75, 3.05) is 6.61 Å². The van der Waals surface area contributed by atoms with Gasteiger partial charge in [0.25, 0.3) is 0 Å². The lowest BCUT2D eigenvalue weighted by Gasteiger charge is -2.19. The molecule has 0 aliphatic rings. The van der Waals surface area contributed by atoms with Crippen LogP contribution in [0.15, 0.2) is 52.1 Å². The molecule has 0 atom stereocenters. The molecule has 3 aromatic rings. The Labute approximate surface area is 186 Å². The molecule has 31 heavy (non-hydrogen) atoms. The lowest BCUT2D eigenvalue weighted by atomic mass is 9.86. The third-order valence-electron chi connectivity index (χ3n) is 4.93. The topological polar surface area (TPSA) is 82.3 Å². The molecule has 0 N–H and O–H groups in total. The summed E-state index contributed by atoms with van der Waals surface area (Å²) in [6, 6.07) is 10.7. The average Bonchev–Trinajstić information content (AvgIpc) is 3.07. The second-order valence-electron chi connectivity index (χ2n) is 8.27. The minimum absolute atomic E-state index is 0.00597. The number of ketones is 1. The summed E-state index contributed by atoms with van der Waals surface area (Å²) in [5, 5.41) is 4.48. The number of thioether (sulfide) groups is 1. The van der Waals surface area contributed by atoms with Crippen molar-refractivity contribution < 1.29 is 18.8 Å². The Morgan fingerprint density at radius 2 is 1.81 bits per heavy atom. The van der Waals surface area contributed by atoms with Crippen molar-refractivity contribution in [3.8, 4) is 0 Å². The summed E-state index contributed by atoms with van der Waals surface area (Å²) < 4.78 is 10.5. The summed E-state index contributed by atoms with van der Waals surface area (Å²) in [6.07, 6.45) is 1.62. The van der Waals surface area contributed by atoms with E-state index in [1.54, 1.807) is 30.5 Å². The molecule has 0 spiro atoms. The number of carbonyl (C=O) groups is 2. The van der Waals surface area contributed by atoms with Gasteiger partial charge in [-0.05, 0) is 37.0 Å². The van der Waals surface area contributed by atoms with Gasteiger partial charge in [0.2, 0.25) is 0 Å². The van der Waals surface area contributed by atoms with Gasteiger partial charge in [0.1, 0.15) is 10.8 Å². The van der Waals surface area contributed by atoms with Crippen LogP contribution in [0.5, 0.6) is 0 Å². The Bertz CT molecular complexity index is 1060. The van der Waals surface area contributed by atoms with Gasteiger partial charge in [0.15, 0.2) is 12.4 Å². The van der Waals surface area contributed by atoms with Crippen LogP contribution in [-0.4, -0.2) is 28.5 Å². The van der Waals surface area contributed by atoms with E-state index in [-0.39, 0.29) is 17.8 Å². The summed E-state index contributed by atoms with van der Waals surface area (Å²) in [4.78, 5) is 29.4. The van der Waals surface area contributed by atoms with Gasteiger partial charge in [-0.2, -0.15) is 0 Å². The van der Waals surface area contributed by atoms with Crippen molar-refractivity contribution in [3.05, 3.63) is 76.3 Å².